The van der Waals surface area contributed by atoms with E-state index in [1.54, 1.807) is 0 Å². The number of amides is 1. The monoisotopic (exact) mass is 230 g/mol. The van der Waals surface area contributed by atoms with Crippen LogP contribution < -0.4 is 5.73 Å². The van der Waals surface area contributed by atoms with Crippen LogP contribution in [-0.4, -0.2) is 28.9 Å². The maximum atomic E-state index is 11.8. The number of thiocarbonyl (C=S) groups is 1. The van der Waals surface area contributed by atoms with Crippen molar-refractivity contribution in [1.29, 1.82) is 0 Å². The van der Waals surface area contributed by atoms with E-state index < -0.39 is 0 Å². The molecule has 3 nitrogen and oxygen atoms in total. The van der Waals surface area contributed by atoms with Crippen LogP contribution in [0.5, 0.6) is 0 Å². The van der Waals surface area contributed by atoms with E-state index in [1.807, 2.05) is 18.7 Å². The van der Waals surface area contributed by atoms with Gasteiger partial charge in [-0.2, -0.15) is 0 Å². The van der Waals surface area contributed by atoms with Gasteiger partial charge in [0.1, 0.15) is 0 Å². The Morgan fingerprint density at radius 1 is 1.33 bits per heavy atom. The first-order valence-electron chi connectivity index (χ1n) is 5.41. The average Bonchev–Trinajstić information content (AvgIpc) is 2.10. The minimum atomic E-state index is 0.0371. The number of nitrogens with zero attached hydrogens (tertiary/aromatic N) is 1. The lowest BCUT2D eigenvalue weighted by molar-refractivity contribution is -0.134. The van der Waals surface area contributed by atoms with Crippen molar-refractivity contribution in [2.24, 2.45) is 17.6 Å². The van der Waals surface area contributed by atoms with Gasteiger partial charge in [-0.1, -0.05) is 39.9 Å². The molecule has 0 rings (SSSR count). The fraction of sp³-hybridized carbons (Fsp3) is 0.818. The molecule has 88 valence electrons. The summed E-state index contributed by atoms with van der Waals surface area (Å²) < 4.78 is 0. The van der Waals surface area contributed by atoms with Crippen molar-refractivity contribution in [2.45, 2.75) is 34.1 Å². The minimum absolute atomic E-state index is 0.0371. The van der Waals surface area contributed by atoms with Crippen molar-refractivity contribution >= 4 is 23.1 Å². The van der Waals surface area contributed by atoms with Gasteiger partial charge in [-0.3, -0.25) is 4.79 Å². The molecule has 2 N–H and O–H groups in total. The molecule has 0 radical (unpaired) electrons. The highest BCUT2D eigenvalue weighted by Crippen LogP contribution is 2.06. The first-order chi connectivity index (χ1) is 6.84. The van der Waals surface area contributed by atoms with Gasteiger partial charge in [0.2, 0.25) is 5.91 Å². The number of carbonyl (C=O) groups excluding carboxylic acids is 1. The molecule has 0 unspecified atom stereocenters. The Morgan fingerprint density at radius 2 is 1.87 bits per heavy atom. The van der Waals surface area contributed by atoms with E-state index in [0.717, 1.165) is 6.54 Å². The van der Waals surface area contributed by atoms with Crippen molar-refractivity contribution in [2.75, 3.05) is 13.1 Å². The zero-order chi connectivity index (χ0) is 12.0. The zero-order valence-electron chi connectivity index (χ0n) is 10.1. The van der Waals surface area contributed by atoms with Crippen LogP contribution in [-0.2, 0) is 4.79 Å². The Balaban J connectivity index is 4.30. The SMILES string of the molecule is CC(C)CN(CCC(N)=S)C(=O)C(C)C. The van der Waals surface area contributed by atoms with Crippen LogP contribution in [0.3, 0.4) is 0 Å². The number of hydrogen-bond acceptors (Lipinski definition) is 2. The van der Waals surface area contributed by atoms with Gasteiger partial charge < -0.3 is 10.6 Å². The van der Waals surface area contributed by atoms with E-state index >= 15 is 0 Å². The van der Waals surface area contributed by atoms with Gasteiger partial charge in [0.05, 0.1) is 4.99 Å². The second kappa shape index (κ2) is 6.77. The summed E-state index contributed by atoms with van der Waals surface area (Å²) in [7, 11) is 0. The van der Waals surface area contributed by atoms with Crippen LogP contribution in [0.4, 0.5) is 0 Å². The molecular weight excluding hydrogens is 208 g/mol. The summed E-state index contributed by atoms with van der Waals surface area (Å²) >= 11 is 4.82. The number of hydrogen-bond donors (Lipinski definition) is 1. The van der Waals surface area contributed by atoms with Gasteiger partial charge in [-0.05, 0) is 5.92 Å². The average molecular weight is 230 g/mol. The Labute approximate surface area is 98.0 Å². The molecule has 0 fully saturated rings. The van der Waals surface area contributed by atoms with Gasteiger partial charge in [0, 0.05) is 25.4 Å². The van der Waals surface area contributed by atoms with Crippen LogP contribution in [0.1, 0.15) is 34.1 Å². The first-order valence-corrected chi connectivity index (χ1v) is 5.82. The van der Waals surface area contributed by atoms with Gasteiger partial charge in [0.25, 0.3) is 0 Å². The van der Waals surface area contributed by atoms with Crippen molar-refractivity contribution in [1.82, 2.24) is 4.90 Å². The van der Waals surface area contributed by atoms with Crippen molar-refractivity contribution in [3.63, 3.8) is 0 Å². The molecule has 0 aliphatic rings. The van der Waals surface area contributed by atoms with Crippen LogP contribution in [0.25, 0.3) is 0 Å². The second-order valence-electron chi connectivity index (χ2n) is 4.55. The third-order valence-corrected chi connectivity index (χ3v) is 2.22. The van der Waals surface area contributed by atoms with E-state index in [-0.39, 0.29) is 11.8 Å². The van der Waals surface area contributed by atoms with Crippen LogP contribution in [0.2, 0.25) is 0 Å². The Bertz CT molecular complexity index is 227. The lowest BCUT2D eigenvalue weighted by Gasteiger charge is -2.26. The van der Waals surface area contributed by atoms with Crippen LogP contribution in [0, 0.1) is 11.8 Å². The molecule has 0 atom stereocenters. The fourth-order valence-corrected chi connectivity index (χ4v) is 1.43. The molecule has 0 saturated carbocycles. The summed E-state index contributed by atoms with van der Waals surface area (Å²) in [6.45, 7) is 9.44. The van der Waals surface area contributed by atoms with Crippen molar-refractivity contribution in [3.8, 4) is 0 Å². The highest BCUT2D eigenvalue weighted by Gasteiger charge is 2.17. The number of rotatable bonds is 6. The summed E-state index contributed by atoms with van der Waals surface area (Å²) in [5, 5.41) is 0. The lowest BCUT2D eigenvalue weighted by Crippen LogP contribution is -2.38. The quantitative estimate of drug-likeness (QED) is 0.708. The molecule has 0 heterocycles. The highest BCUT2D eigenvalue weighted by molar-refractivity contribution is 7.80. The Kier molecular flexibility index (Phi) is 6.48. The minimum Gasteiger partial charge on any atom is -0.393 e. The maximum absolute atomic E-state index is 11.8. The summed E-state index contributed by atoms with van der Waals surface area (Å²) in [6, 6.07) is 0. The summed E-state index contributed by atoms with van der Waals surface area (Å²) in [5.41, 5.74) is 5.44. The third kappa shape index (κ3) is 6.44. The molecule has 4 heteroatoms. The van der Waals surface area contributed by atoms with E-state index in [4.69, 9.17) is 18.0 Å². The van der Waals surface area contributed by atoms with Gasteiger partial charge >= 0.3 is 0 Å². The van der Waals surface area contributed by atoms with Crippen LogP contribution >= 0.6 is 12.2 Å². The maximum Gasteiger partial charge on any atom is 0.225 e. The fourth-order valence-electron chi connectivity index (χ4n) is 1.34. The predicted molar refractivity (Wildman–Crippen MR) is 67.7 cm³/mol. The van der Waals surface area contributed by atoms with Gasteiger partial charge in [-0.15, -0.1) is 0 Å². The molecule has 15 heavy (non-hydrogen) atoms. The molecule has 0 aromatic carbocycles. The van der Waals surface area contributed by atoms with E-state index in [0.29, 0.717) is 23.9 Å². The molecule has 0 bridgehead atoms. The highest BCUT2D eigenvalue weighted by atomic mass is 32.1. The van der Waals surface area contributed by atoms with Gasteiger partial charge in [-0.25, -0.2) is 0 Å². The van der Waals surface area contributed by atoms with Gasteiger partial charge in [0.15, 0.2) is 0 Å². The molecule has 0 saturated heterocycles. The summed E-state index contributed by atoms with van der Waals surface area (Å²) in [4.78, 5) is 14.2. The molecule has 1 amide bonds. The zero-order valence-corrected chi connectivity index (χ0v) is 10.9. The van der Waals surface area contributed by atoms with E-state index in [2.05, 4.69) is 13.8 Å². The predicted octanol–water partition coefficient (Wildman–Crippen LogP) is 1.80. The normalized spacial score (nSPS) is 10.8. The molecule has 0 spiro atoms. The molecule has 0 aromatic rings. The smallest absolute Gasteiger partial charge is 0.225 e. The molecule has 0 aromatic heterocycles. The van der Waals surface area contributed by atoms with Crippen LogP contribution in [0.15, 0.2) is 0 Å². The lowest BCUT2D eigenvalue weighted by atomic mass is 10.1. The number of carbonyl (C=O) groups is 1. The molecule has 0 aliphatic carbocycles. The molecular formula is C11H22N2OS. The Morgan fingerprint density at radius 3 is 2.20 bits per heavy atom. The van der Waals surface area contributed by atoms with E-state index in [1.165, 1.54) is 0 Å². The summed E-state index contributed by atoms with van der Waals surface area (Å²) in [5.74, 6) is 0.689. The third-order valence-electron chi connectivity index (χ3n) is 2.02. The molecule has 0 aliphatic heterocycles. The topological polar surface area (TPSA) is 46.3 Å². The summed E-state index contributed by atoms with van der Waals surface area (Å²) in [6.07, 6.45) is 0.612. The number of nitrogens with two attached hydrogens (primary N) is 1. The Hall–Kier alpha value is -0.640. The first kappa shape index (κ1) is 14.4. The van der Waals surface area contributed by atoms with Crippen molar-refractivity contribution < 1.29 is 4.79 Å². The largest absolute Gasteiger partial charge is 0.393 e. The van der Waals surface area contributed by atoms with Crippen molar-refractivity contribution in [3.05, 3.63) is 0 Å². The standard InChI is InChI=1S/C11H22N2OS/c1-8(2)7-13(6-5-10(12)15)11(14)9(3)4/h8-9H,5-7H2,1-4H3,(H2,12,15). The van der Waals surface area contributed by atoms with E-state index in [9.17, 15) is 4.79 Å². The second-order valence-corrected chi connectivity index (χ2v) is 5.07.